The summed E-state index contributed by atoms with van der Waals surface area (Å²) >= 11 is 0. The second-order valence-corrected chi connectivity index (χ2v) is 7.33. The van der Waals surface area contributed by atoms with E-state index in [2.05, 4.69) is 10.3 Å². The first-order valence-corrected chi connectivity index (χ1v) is 8.49. The molecule has 0 aromatic carbocycles. The van der Waals surface area contributed by atoms with Crippen molar-refractivity contribution < 1.29 is 13.2 Å². The Hall–Kier alpha value is -1.63. The van der Waals surface area contributed by atoms with Crippen LogP contribution >= 0.6 is 0 Å². The normalized spacial score (nSPS) is 18.6. The number of pyridine rings is 1. The highest BCUT2D eigenvalue weighted by Gasteiger charge is 2.25. The Labute approximate surface area is 118 Å². The second kappa shape index (κ2) is 5.78. The number of nitrogens with zero attached hydrogens (tertiary/aromatic N) is 1. The Kier molecular flexibility index (Phi) is 4.27. The molecule has 2 rings (SSSR count). The molecule has 0 atom stereocenters. The monoisotopic (exact) mass is 297 g/mol. The molecule has 1 saturated heterocycles. The summed E-state index contributed by atoms with van der Waals surface area (Å²) in [5.74, 6) is 0.367. The van der Waals surface area contributed by atoms with Crippen molar-refractivity contribution in [3.8, 4) is 0 Å². The Bertz CT molecular complexity index is 599. The van der Waals surface area contributed by atoms with Gasteiger partial charge in [0.1, 0.15) is 15.7 Å². The van der Waals surface area contributed by atoms with Gasteiger partial charge in [-0.3, -0.25) is 4.79 Å². The summed E-state index contributed by atoms with van der Waals surface area (Å²) in [5, 5.41) is 2.86. The van der Waals surface area contributed by atoms with Gasteiger partial charge in [0.2, 0.25) is 0 Å². The molecule has 20 heavy (non-hydrogen) atoms. The molecule has 0 spiro atoms. The minimum Gasteiger partial charge on any atom is -0.384 e. The van der Waals surface area contributed by atoms with Crippen LogP contribution in [0.1, 0.15) is 35.8 Å². The van der Waals surface area contributed by atoms with E-state index >= 15 is 0 Å². The van der Waals surface area contributed by atoms with Crippen LogP contribution in [0, 0.1) is 0 Å². The number of amides is 1. The zero-order valence-electron chi connectivity index (χ0n) is 11.4. The molecule has 1 aliphatic heterocycles. The van der Waals surface area contributed by atoms with Crippen LogP contribution in [0.3, 0.4) is 0 Å². The second-order valence-electron chi connectivity index (χ2n) is 5.03. The summed E-state index contributed by atoms with van der Waals surface area (Å²) in [5.41, 5.74) is 6.91. The molecule has 7 heteroatoms. The molecule has 0 saturated carbocycles. The zero-order chi connectivity index (χ0) is 14.8. The number of aryl methyl sites for hydroxylation is 1. The first kappa shape index (κ1) is 14.8. The summed E-state index contributed by atoms with van der Waals surface area (Å²) < 4.78 is 22.7. The Morgan fingerprint density at radius 1 is 1.40 bits per heavy atom. The van der Waals surface area contributed by atoms with Crippen LogP contribution in [0.5, 0.6) is 0 Å². The standard InChI is InChI=1S/C13H19N3O3S/c1-2-10-7-9(8-12(14)15-10)13(17)16-11-3-5-20(18,19)6-4-11/h7-8,11H,2-6H2,1H3,(H2,14,15)(H,16,17). The Morgan fingerprint density at radius 2 is 2.05 bits per heavy atom. The summed E-state index contributed by atoms with van der Waals surface area (Å²) in [6.45, 7) is 1.94. The molecular formula is C13H19N3O3S. The number of hydrogen-bond acceptors (Lipinski definition) is 5. The van der Waals surface area contributed by atoms with Crippen molar-refractivity contribution in [2.75, 3.05) is 17.2 Å². The van der Waals surface area contributed by atoms with E-state index in [-0.39, 0.29) is 23.5 Å². The molecule has 1 fully saturated rings. The summed E-state index contributed by atoms with van der Waals surface area (Å²) in [7, 11) is -2.91. The number of nitrogens with two attached hydrogens (primary N) is 1. The van der Waals surface area contributed by atoms with Crippen LogP contribution < -0.4 is 11.1 Å². The minimum absolute atomic E-state index is 0.0921. The highest BCUT2D eigenvalue weighted by Crippen LogP contribution is 2.14. The number of carbonyl (C=O) groups is 1. The van der Waals surface area contributed by atoms with Crippen molar-refractivity contribution in [1.29, 1.82) is 0 Å². The summed E-state index contributed by atoms with van der Waals surface area (Å²) in [6, 6.07) is 3.16. The van der Waals surface area contributed by atoms with Gasteiger partial charge in [-0.1, -0.05) is 6.92 Å². The third-order valence-corrected chi connectivity index (χ3v) is 5.13. The maximum Gasteiger partial charge on any atom is 0.251 e. The first-order valence-electron chi connectivity index (χ1n) is 6.67. The smallest absolute Gasteiger partial charge is 0.251 e. The quantitative estimate of drug-likeness (QED) is 0.847. The number of carbonyl (C=O) groups excluding carboxylic acids is 1. The summed E-state index contributed by atoms with van der Waals surface area (Å²) in [6.07, 6.45) is 1.64. The van der Waals surface area contributed by atoms with Crippen molar-refractivity contribution in [1.82, 2.24) is 10.3 Å². The molecule has 0 radical (unpaired) electrons. The number of anilines is 1. The predicted molar refractivity (Wildman–Crippen MR) is 77.2 cm³/mol. The van der Waals surface area contributed by atoms with E-state index in [0.717, 1.165) is 5.69 Å². The molecule has 0 unspecified atom stereocenters. The van der Waals surface area contributed by atoms with E-state index in [1.807, 2.05) is 6.92 Å². The Balaban J connectivity index is 2.04. The largest absolute Gasteiger partial charge is 0.384 e. The van der Waals surface area contributed by atoms with Crippen molar-refractivity contribution in [3.05, 3.63) is 23.4 Å². The third-order valence-electron chi connectivity index (χ3n) is 3.41. The lowest BCUT2D eigenvalue weighted by Crippen LogP contribution is -2.40. The number of sulfone groups is 1. The van der Waals surface area contributed by atoms with E-state index in [1.54, 1.807) is 6.07 Å². The number of rotatable bonds is 3. The lowest BCUT2D eigenvalue weighted by Gasteiger charge is -2.23. The fourth-order valence-corrected chi connectivity index (χ4v) is 3.72. The first-order chi connectivity index (χ1) is 9.39. The lowest BCUT2D eigenvalue weighted by atomic mass is 10.1. The molecule has 1 aromatic rings. The van der Waals surface area contributed by atoms with Gasteiger partial charge in [-0.25, -0.2) is 13.4 Å². The average molecular weight is 297 g/mol. The molecule has 110 valence electrons. The van der Waals surface area contributed by atoms with Gasteiger partial charge in [0.05, 0.1) is 11.5 Å². The van der Waals surface area contributed by atoms with Gasteiger partial charge in [-0.2, -0.15) is 0 Å². The van der Waals surface area contributed by atoms with Crippen LogP contribution in [0.2, 0.25) is 0 Å². The number of nitrogen functional groups attached to an aromatic ring is 1. The SMILES string of the molecule is CCc1cc(C(=O)NC2CCS(=O)(=O)CC2)cc(N)n1. The van der Waals surface area contributed by atoms with E-state index in [9.17, 15) is 13.2 Å². The van der Waals surface area contributed by atoms with Gasteiger partial charge in [-0.15, -0.1) is 0 Å². The van der Waals surface area contributed by atoms with Gasteiger partial charge >= 0.3 is 0 Å². The fraction of sp³-hybridized carbons (Fsp3) is 0.538. The highest BCUT2D eigenvalue weighted by atomic mass is 32.2. The van der Waals surface area contributed by atoms with Crippen LogP contribution in [-0.4, -0.2) is 36.9 Å². The van der Waals surface area contributed by atoms with Crippen molar-refractivity contribution >= 4 is 21.6 Å². The van der Waals surface area contributed by atoms with Gasteiger partial charge in [0.25, 0.3) is 5.91 Å². The van der Waals surface area contributed by atoms with Gasteiger partial charge in [0, 0.05) is 17.3 Å². The fourth-order valence-electron chi connectivity index (χ4n) is 2.23. The van der Waals surface area contributed by atoms with Gasteiger partial charge < -0.3 is 11.1 Å². The van der Waals surface area contributed by atoms with Crippen molar-refractivity contribution in [2.24, 2.45) is 0 Å². The molecule has 1 aliphatic rings. The van der Waals surface area contributed by atoms with Crippen LogP contribution in [0.25, 0.3) is 0 Å². The van der Waals surface area contributed by atoms with Gasteiger partial charge in [0.15, 0.2) is 0 Å². The maximum atomic E-state index is 12.2. The Morgan fingerprint density at radius 3 is 2.65 bits per heavy atom. The molecular weight excluding hydrogens is 278 g/mol. The van der Waals surface area contributed by atoms with Crippen LogP contribution in [0.4, 0.5) is 5.82 Å². The highest BCUT2D eigenvalue weighted by molar-refractivity contribution is 7.91. The number of hydrogen-bond donors (Lipinski definition) is 2. The van der Waals surface area contributed by atoms with E-state index in [1.165, 1.54) is 6.07 Å². The van der Waals surface area contributed by atoms with Crippen LogP contribution in [-0.2, 0) is 16.3 Å². The number of aromatic nitrogens is 1. The van der Waals surface area contributed by atoms with E-state index in [4.69, 9.17) is 5.73 Å². The molecule has 1 aromatic heterocycles. The zero-order valence-corrected chi connectivity index (χ0v) is 12.2. The minimum atomic E-state index is -2.91. The van der Waals surface area contributed by atoms with E-state index < -0.39 is 9.84 Å². The van der Waals surface area contributed by atoms with Crippen molar-refractivity contribution in [3.63, 3.8) is 0 Å². The predicted octanol–water partition coefficient (Wildman–Crippen LogP) is 0.533. The number of nitrogens with one attached hydrogen (secondary N) is 1. The molecule has 6 nitrogen and oxygen atoms in total. The molecule has 0 bridgehead atoms. The third kappa shape index (κ3) is 3.69. The molecule has 1 amide bonds. The molecule has 3 N–H and O–H groups in total. The maximum absolute atomic E-state index is 12.2. The summed E-state index contributed by atoms with van der Waals surface area (Å²) in [4.78, 5) is 16.3. The topological polar surface area (TPSA) is 102 Å². The van der Waals surface area contributed by atoms with Gasteiger partial charge in [-0.05, 0) is 31.4 Å². The lowest BCUT2D eigenvalue weighted by molar-refractivity contribution is 0.0934. The average Bonchev–Trinajstić information content (AvgIpc) is 2.40. The van der Waals surface area contributed by atoms with Crippen molar-refractivity contribution in [2.45, 2.75) is 32.2 Å². The molecule has 2 heterocycles. The van der Waals surface area contributed by atoms with E-state index in [0.29, 0.717) is 30.6 Å². The van der Waals surface area contributed by atoms with Crippen LogP contribution in [0.15, 0.2) is 12.1 Å². The molecule has 0 aliphatic carbocycles.